The minimum Gasteiger partial charge on any atom is -0.306 e. The molecule has 0 bridgehead atoms. The standard InChI is InChI=1S/C10H8Cl2N4OS/c1-16(10-15-14-8(12)18-10)9(17)13-7-5-3-2-4-6(7)11/h2-5H,1H3,(H,13,17). The summed E-state index contributed by atoms with van der Waals surface area (Å²) in [4.78, 5) is 13.2. The molecule has 0 unspecified atom stereocenters. The van der Waals surface area contributed by atoms with Gasteiger partial charge in [-0.1, -0.05) is 35.1 Å². The predicted octanol–water partition coefficient (Wildman–Crippen LogP) is 3.51. The van der Waals surface area contributed by atoms with Gasteiger partial charge in [0, 0.05) is 7.05 Å². The number of amides is 2. The molecule has 0 aliphatic carbocycles. The monoisotopic (exact) mass is 302 g/mol. The molecule has 5 nitrogen and oxygen atoms in total. The average molecular weight is 303 g/mol. The number of para-hydroxylation sites is 1. The molecular weight excluding hydrogens is 295 g/mol. The van der Waals surface area contributed by atoms with Crippen LogP contribution in [0, 0.1) is 0 Å². The summed E-state index contributed by atoms with van der Waals surface area (Å²) in [6.07, 6.45) is 0. The molecule has 1 aromatic heterocycles. The zero-order chi connectivity index (χ0) is 13.1. The molecule has 94 valence electrons. The van der Waals surface area contributed by atoms with E-state index in [1.54, 1.807) is 31.3 Å². The topological polar surface area (TPSA) is 58.1 Å². The van der Waals surface area contributed by atoms with Crippen molar-refractivity contribution in [3.05, 3.63) is 33.8 Å². The van der Waals surface area contributed by atoms with Gasteiger partial charge < -0.3 is 5.32 Å². The van der Waals surface area contributed by atoms with Crippen molar-refractivity contribution in [2.75, 3.05) is 17.3 Å². The Hall–Kier alpha value is -1.37. The van der Waals surface area contributed by atoms with E-state index in [9.17, 15) is 4.79 Å². The van der Waals surface area contributed by atoms with Gasteiger partial charge in [0.25, 0.3) is 0 Å². The maximum atomic E-state index is 11.9. The number of benzene rings is 1. The van der Waals surface area contributed by atoms with Gasteiger partial charge >= 0.3 is 6.03 Å². The SMILES string of the molecule is CN(C(=O)Nc1ccccc1Cl)c1nnc(Cl)s1. The number of hydrogen-bond acceptors (Lipinski definition) is 4. The molecule has 0 radical (unpaired) electrons. The van der Waals surface area contributed by atoms with Gasteiger partial charge in [-0.25, -0.2) is 4.79 Å². The lowest BCUT2D eigenvalue weighted by atomic mass is 10.3. The van der Waals surface area contributed by atoms with Crippen molar-refractivity contribution in [1.82, 2.24) is 10.2 Å². The van der Waals surface area contributed by atoms with Crippen molar-refractivity contribution in [2.24, 2.45) is 0 Å². The van der Waals surface area contributed by atoms with E-state index >= 15 is 0 Å². The maximum absolute atomic E-state index is 11.9. The molecule has 2 amide bonds. The number of rotatable bonds is 2. The Kier molecular flexibility index (Phi) is 4.00. The van der Waals surface area contributed by atoms with E-state index in [-0.39, 0.29) is 10.5 Å². The minimum absolute atomic E-state index is 0.280. The molecule has 0 atom stereocenters. The van der Waals surface area contributed by atoms with Gasteiger partial charge in [0.15, 0.2) is 0 Å². The smallest absolute Gasteiger partial charge is 0.306 e. The van der Waals surface area contributed by atoms with E-state index in [0.717, 1.165) is 11.3 Å². The Morgan fingerprint density at radius 1 is 1.33 bits per heavy atom. The van der Waals surface area contributed by atoms with Crippen molar-refractivity contribution < 1.29 is 4.79 Å². The summed E-state index contributed by atoms with van der Waals surface area (Å²) in [5.41, 5.74) is 0.534. The molecule has 8 heteroatoms. The maximum Gasteiger partial charge on any atom is 0.327 e. The van der Waals surface area contributed by atoms with Crippen LogP contribution < -0.4 is 10.2 Å². The molecule has 2 rings (SSSR count). The third kappa shape index (κ3) is 2.90. The van der Waals surface area contributed by atoms with Gasteiger partial charge in [-0.05, 0) is 23.7 Å². The largest absolute Gasteiger partial charge is 0.327 e. The molecule has 0 spiro atoms. The molecule has 1 aromatic carbocycles. The lowest BCUT2D eigenvalue weighted by Crippen LogP contribution is -2.31. The summed E-state index contributed by atoms with van der Waals surface area (Å²) in [7, 11) is 1.57. The molecule has 1 N–H and O–H groups in total. The highest BCUT2D eigenvalue weighted by molar-refractivity contribution is 7.19. The van der Waals surface area contributed by atoms with Crippen molar-refractivity contribution in [3.8, 4) is 0 Å². The molecule has 1 heterocycles. The van der Waals surface area contributed by atoms with Crippen LogP contribution in [0.3, 0.4) is 0 Å². The normalized spacial score (nSPS) is 10.2. The number of urea groups is 1. The Balaban J connectivity index is 2.11. The number of nitrogens with zero attached hydrogens (tertiary/aromatic N) is 3. The Morgan fingerprint density at radius 3 is 2.67 bits per heavy atom. The zero-order valence-corrected chi connectivity index (χ0v) is 11.6. The molecule has 2 aromatic rings. The zero-order valence-electron chi connectivity index (χ0n) is 9.22. The van der Waals surface area contributed by atoms with Gasteiger partial charge in [0.05, 0.1) is 10.7 Å². The first-order valence-electron chi connectivity index (χ1n) is 4.86. The van der Waals surface area contributed by atoms with E-state index in [1.165, 1.54) is 4.90 Å². The molecule has 0 saturated heterocycles. The summed E-state index contributed by atoms with van der Waals surface area (Å²) in [5.74, 6) is 0. The van der Waals surface area contributed by atoms with Crippen LogP contribution >= 0.6 is 34.5 Å². The minimum atomic E-state index is -0.365. The first-order valence-corrected chi connectivity index (χ1v) is 6.43. The lowest BCUT2D eigenvalue weighted by molar-refractivity contribution is 0.258. The van der Waals surface area contributed by atoms with Crippen LogP contribution in [0.25, 0.3) is 0 Å². The number of aromatic nitrogens is 2. The number of carbonyl (C=O) groups is 1. The number of halogens is 2. The van der Waals surface area contributed by atoms with Gasteiger partial charge in [-0.15, -0.1) is 10.2 Å². The van der Waals surface area contributed by atoms with Crippen LogP contribution in [0.1, 0.15) is 0 Å². The van der Waals surface area contributed by atoms with Gasteiger partial charge in [0.2, 0.25) is 9.60 Å². The number of anilines is 2. The number of carbonyl (C=O) groups excluding carboxylic acids is 1. The quantitative estimate of drug-likeness (QED) is 0.923. The number of hydrogen-bond donors (Lipinski definition) is 1. The van der Waals surface area contributed by atoms with Crippen molar-refractivity contribution in [1.29, 1.82) is 0 Å². The summed E-state index contributed by atoms with van der Waals surface area (Å²) >= 11 is 12.7. The van der Waals surface area contributed by atoms with Crippen LogP contribution in [-0.2, 0) is 0 Å². The first-order chi connectivity index (χ1) is 8.58. The average Bonchev–Trinajstić information content (AvgIpc) is 2.78. The molecule has 0 saturated carbocycles. The third-order valence-corrected chi connectivity index (χ3v) is 3.52. The van der Waals surface area contributed by atoms with Crippen LogP contribution in [-0.4, -0.2) is 23.3 Å². The molecule has 0 aliphatic heterocycles. The fourth-order valence-electron chi connectivity index (χ4n) is 1.18. The Labute approximate surface area is 117 Å². The summed E-state index contributed by atoms with van der Waals surface area (Å²) < 4.78 is 0.280. The van der Waals surface area contributed by atoms with Gasteiger partial charge in [0.1, 0.15) is 0 Å². The summed E-state index contributed by atoms with van der Waals surface area (Å²) in [6.45, 7) is 0. The predicted molar refractivity (Wildman–Crippen MR) is 73.8 cm³/mol. The first kappa shape index (κ1) is 13.1. The van der Waals surface area contributed by atoms with E-state index < -0.39 is 0 Å². The Bertz CT molecular complexity index is 575. The summed E-state index contributed by atoms with van der Waals surface area (Å²) in [6, 6.07) is 6.60. The van der Waals surface area contributed by atoms with Crippen LogP contribution in [0.2, 0.25) is 9.49 Å². The highest BCUT2D eigenvalue weighted by atomic mass is 35.5. The summed E-state index contributed by atoms with van der Waals surface area (Å²) in [5, 5.41) is 10.9. The van der Waals surface area contributed by atoms with E-state index in [1.807, 2.05) is 0 Å². The van der Waals surface area contributed by atoms with Gasteiger partial charge in [-0.2, -0.15) is 0 Å². The molecule has 0 fully saturated rings. The Morgan fingerprint density at radius 2 is 2.06 bits per heavy atom. The van der Waals surface area contributed by atoms with Gasteiger partial charge in [-0.3, -0.25) is 4.90 Å². The molecular formula is C10H8Cl2N4OS. The highest BCUT2D eigenvalue weighted by Crippen LogP contribution is 2.24. The fourth-order valence-corrected chi connectivity index (χ4v) is 2.14. The molecule has 0 aliphatic rings. The van der Waals surface area contributed by atoms with Crippen molar-refractivity contribution >= 4 is 51.4 Å². The highest BCUT2D eigenvalue weighted by Gasteiger charge is 2.16. The molecule has 18 heavy (non-hydrogen) atoms. The van der Waals surface area contributed by atoms with Crippen molar-refractivity contribution in [3.63, 3.8) is 0 Å². The van der Waals surface area contributed by atoms with E-state index in [0.29, 0.717) is 15.8 Å². The van der Waals surface area contributed by atoms with Crippen molar-refractivity contribution in [2.45, 2.75) is 0 Å². The van der Waals surface area contributed by atoms with Crippen LogP contribution in [0.4, 0.5) is 15.6 Å². The second-order valence-electron chi connectivity index (χ2n) is 3.31. The van der Waals surface area contributed by atoms with E-state index in [2.05, 4.69) is 15.5 Å². The van der Waals surface area contributed by atoms with Crippen LogP contribution in [0.5, 0.6) is 0 Å². The third-order valence-electron chi connectivity index (χ3n) is 2.10. The van der Waals surface area contributed by atoms with Crippen LogP contribution in [0.15, 0.2) is 24.3 Å². The second kappa shape index (κ2) is 5.51. The number of nitrogens with one attached hydrogen (secondary N) is 1. The lowest BCUT2D eigenvalue weighted by Gasteiger charge is -2.14. The van der Waals surface area contributed by atoms with E-state index in [4.69, 9.17) is 23.2 Å². The second-order valence-corrected chi connectivity index (χ2v) is 5.25. The fraction of sp³-hybridized carbons (Fsp3) is 0.100.